The number of nitrogens with one attached hydrogen (secondary N) is 1. The van der Waals surface area contributed by atoms with Crippen LogP contribution in [0.25, 0.3) is 0 Å². The van der Waals surface area contributed by atoms with Gasteiger partial charge in [0.15, 0.2) is 0 Å². The molecule has 2 heterocycles. The van der Waals surface area contributed by atoms with Crippen LogP contribution in [0.4, 0.5) is 0 Å². The molecule has 0 atom stereocenters. The lowest BCUT2D eigenvalue weighted by atomic mass is 10.0. The van der Waals surface area contributed by atoms with Crippen molar-refractivity contribution in [3.8, 4) is 5.19 Å². The molecule has 1 saturated heterocycles. The van der Waals surface area contributed by atoms with Gasteiger partial charge in [0.2, 0.25) is 0 Å². The van der Waals surface area contributed by atoms with Gasteiger partial charge in [0.25, 0.3) is 5.19 Å². The number of ether oxygens (including phenoxy) is 1. The fourth-order valence-corrected chi connectivity index (χ4v) is 4.15. The minimum absolute atomic E-state index is 0.660. The van der Waals surface area contributed by atoms with Crippen LogP contribution in [0.15, 0.2) is 0 Å². The van der Waals surface area contributed by atoms with Gasteiger partial charge >= 0.3 is 0 Å². The van der Waals surface area contributed by atoms with Crippen molar-refractivity contribution in [2.45, 2.75) is 64.1 Å². The first-order chi connectivity index (χ1) is 10.3. The Balaban J connectivity index is 1.40. The SMILES string of the molecule is CCOc1nnc(CN2CCC(NC3CCCC3)CC2)s1. The predicted molar refractivity (Wildman–Crippen MR) is 84.8 cm³/mol. The Bertz CT molecular complexity index is 425. The smallest absolute Gasteiger partial charge is 0.294 e. The Morgan fingerprint density at radius 3 is 2.57 bits per heavy atom. The Morgan fingerprint density at radius 2 is 1.86 bits per heavy atom. The maximum absolute atomic E-state index is 5.38. The molecule has 118 valence electrons. The zero-order valence-corrected chi connectivity index (χ0v) is 13.7. The third kappa shape index (κ3) is 4.37. The third-order valence-electron chi connectivity index (χ3n) is 4.49. The molecule has 1 aliphatic heterocycles. The van der Waals surface area contributed by atoms with Crippen LogP contribution in [-0.4, -0.2) is 46.9 Å². The van der Waals surface area contributed by atoms with Crippen LogP contribution < -0.4 is 10.1 Å². The molecular formula is C15H26N4OS. The highest BCUT2D eigenvalue weighted by Crippen LogP contribution is 2.23. The molecular weight excluding hydrogens is 284 g/mol. The van der Waals surface area contributed by atoms with Crippen LogP contribution in [0.2, 0.25) is 0 Å². The van der Waals surface area contributed by atoms with Crippen LogP contribution in [0.1, 0.15) is 50.5 Å². The molecule has 0 bridgehead atoms. The summed E-state index contributed by atoms with van der Waals surface area (Å²) in [6, 6.07) is 1.51. The van der Waals surface area contributed by atoms with E-state index >= 15 is 0 Å². The minimum atomic E-state index is 0.660. The van der Waals surface area contributed by atoms with E-state index in [9.17, 15) is 0 Å². The highest BCUT2D eigenvalue weighted by molar-refractivity contribution is 7.13. The van der Waals surface area contributed by atoms with Gasteiger partial charge in [-0.1, -0.05) is 24.2 Å². The van der Waals surface area contributed by atoms with E-state index in [0.29, 0.717) is 11.8 Å². The average Bonchev–Trinajstić information content (AvgIpc) is 3.14. The zero-order valence-electron chi connectivity index (χ0n) is 12.9. The molecule has 0 amide bonds. The maximum Gasteiger partial charge on any atom is 0.294 e. The molecule has 1 aromatic rings. The van der Waals surface area contributed by atoms with Crippen molar-refractivity contribution in [3.05, 3.63) is 5.01 Å². The Kier molecular flexibility index (Phi) is 5.43. The first kappa shape index (κ1) is 15.2. The molecule has 5 nitrogen and oxygen atoms in total. The molecule has 0 radical (unpaired) electrons. The van der Waals surface area contributed by atoms with Crippen molar-refractivity contribution in [2.24, 2.45) is 0 Å². The Morgan fingerprint density at radius 1 is 1.14 bits per heavy atom. The number of likely N-dealkylation sites (tertiary alicyclic amines) is 1. The summed E-state index contributed by atoms with van der Waals surface area (Å²) < 4.78 is 5.38. The number of nitrogens with zero attached hydrogens (tertiary/aromatic N) is 3. The molecule has 1 N–H and O–H groups in total. The number of rotatable bonds is 6. The molecule has 6 heteroatoms. The van der Waals surface area contributed by atoms with Gasteiger partial charge in [-0.15, -0.1) is 10.2 Å². The summed E-state index contributed by atoms with van der Waals surface area (Å²) >= 11 is 1.58. The topological polar surface area (TPSA) is 50.3 Å². The van der Waals surface area contributed by atoms with Gasteiger partial charge in [0, 0.05) is 25.2 Å². The third-order valence-corrected chi connectivity index (χ3v) is 5.31. The van der Waals surface area contributed by atoms with Crippen molar-refractivity contribution >= 4 is 11.3 Å². The van der Waals surface area contributed by atoms with Crippen molar-refractivity contribution < 1.29 is 4.74 Å². The molecule has 2 fully saturated rings. The van der Waals surface area contributed by atoms with E-state index in [0.717, 1.165) is 36.7 Å². The van der Waals surface area contributed by atoms with E-state index in [1.807, 2.05) is 6.92 Å². The van der Waals surface area contributed by atoms with E-state index < -0.39 is 0 Å². The van der Waals surface area contributed by atoms with Crippen molar-refractivity contribution in [1.82, 2.24) is 20.4 Å². The molecule has 0 spiro atoms. The molecule has 0 aromatic carbocycles. The minimum Gasteiger partial charge on any atom is -0.469 e. The summed E-state index contributed by atoms with van der Waals surface area (Å²) in [5.41, 5.74) is 0. The number of piperidine rings is 1. The largest absolute Gasteiger partial charge is 0.469 e. The zero-order chi connectivity index (χ0) is 14.5. The molecule has 1 aromatic heterocycles. The molecule has 21 heavy (non-hydrogen) atoms. The first-order valence-corrected chi connectivity index (χ1v) is 9.08. The summed E-state index contributed by atoms with van der Waals surface area (Å²) in [4.78, 5) is 2.49. The molecule has 2 aliphatic rings. The summed E-state index contributed by atoms with van der Waals surface area (Å²) in [7, 11) is 0. The van der Waals surface area contributed by atoms with Gasteiger partial charge in [-0.05, 0) is 32.6 Å². The summed E-state index contributed by atoms with van der Waals surface area (Å²) in [5.74, 6) is 0. The second kappa shape index (κ2) is 7.51. The average molecular weight is 310 g/mol. The molecule has 3 rings (SSSR count). The fraction of sp³-hybridized carbons (Fsp3) is 0.867. The normalized spacial score (nSPS) is 22.0. The van der Waals surface area contributed by atoms with Gasteiger partial charge in [0.1, 0.15) is 5.01 Å². The molecule has 1 aliphatic carbocycles. The molecule has 1 saturated carbocycles. The fourth-order valence-electron chi connectivity index (χ4n) is 3.36. The van der Waals surface area contributed by atoms with Gasteiger partial charge in [-0.3, -0.25) is 4.90 Å². The summed E-state index contributed by atoms with van der Waals surface area (Å²) in [6.07, 6.45) is 8.10. The molecule has 0 unspecified atom stereocenters. The van der Waals surface area contributed by atoms with Crippen LogP contribution >= 0.6 is 11.3 Å². The van der Waals surface area contributed by atoms with E-state index in [1.54, 1.807) is 11.3 Å². The number of hydrogen-bond donors (Lipinski definition) is 1. The highest BCUT2D eigenvalue weighted by atomic mass is 32.1. The van der Waals surface area contributed by atoms with E-state index in [-0.39, 0.29) is 0 Å². The highest BCUT2D eigenvalue weighted by Gasteiger charge is 2.24. The number of hydrogen-bond acceptors (Lipinski definition) is 6. The monoisotopic (exact) mass is 310 g/mol. The lowest BCUT2D eigenvalue weighted by molar-refractivity contribution is 0.183. The predicted octanol–water partition coefficient (Wildman–Crippen LogP) is 2.43. The van der Waals surface area contributed by atoms with Crippen LogP contribution in [0, 0.1) is 0 Å². The maximum atomic E-state index is 5.38. The number of aromatic nitrogens is 2. The lowest BCUT2D eigenvalue weighted by Crippen LogP contribution is -2.45. The van der Waals surface area contributed by atoms with Gasteiger partial charge in [-0.25, -0.2) is 0 Å². The van der Waals surface area contributed by atoms with Gasteiger partial charge in [0.05, 0.1) is 13.2 Å². The first-order valence-electron chi connectivity index (χ1n) is 8.27. The van der Waals surface area contributed by atoms with E-state index in [1.165, 1.54) is 38.5 Å². The van der Waals surface area contributed by atoms with E-state index in [2.05, 4.69) is 20.4 Å². The Hall–Kier alpha value is -0.720. The summed E-state index contributed by atoms with van der Waals surface area (Å²) in [6.45, 7) is 5.87. The van der Waals surface area contributed by atoms with Gasteiger partial charge < -0.3 is 10.1 Å². The Labute approximate surface area is 131 Å². The lowest BCUT2D eigenvalue weighted by Gasteiger charge is -2.33. The van der Waals surface area contributed by atoms with Crippen LogP contribution in [0.5, 0.6) is 5.19 Å². The van der Waals surface area contributed by atoms with Crippen molar-refractivity contribution in [3.63, 3.8) is 0 Å². The second-order valence-corrected chi connectivity index (χ2v) is 7.12. The van der Waals surface area contributed by atoms with Crippen molar-refractivity contribution in [2.75, 3.05) is 19.7 Å². The van der Waals surface area contributed by atoms with Crippen LogP contribution in [-0.2, 0) is 6.54 Å². The van der Waals surface area contributed by atoms with Gasteiger partial charge in [-0.2, -0.15) is 0 Å². The van der Waals surface area contributed by atoms with Crippen molar-refractivity contribution in [1.29, 1.82) is 0 Å². The quantitative estimate of drug-likeness (QED) is 0.874. The standard InChI is InChI=1S/C15H26N4OS/c1-2-20-15-18-17-14(21-15)11-19-9-7-13(8-10-19)16-12-5-3-4-6-12/h12-13,16H,2-11H2,1H3. The summed E-state index contributed by atoms with van der Waals surface area (Å²) in [5, 5.41) is 13.9. The van der Waals surface area contributed by atoms with Crippen LogP contribution in [0.3, 0.4) is 0 Å². The second-order valence-electron chi connectivity index (χ2n) is 6.09. The van der Waals surface area contributed by atoms with E-state index in [4.69, 9.17) is 4.74 Å².